The molecule has 1 atom stereocenters. The topological polar surface area (TPSA) is 78.6 Å². The predicted octanol–water partition coefficient (Wildman–Crippen LogP) is 3.16. The van der Waals surface area contributed by atoms with Crippen molar-refractivity contribution in [2.75, 3.05) is 0 Å². The Morgan fingerprint density at radius 2 is 1.96 bits per heavy atom. The molecule has 0 radical (unpaired) electrons. The van der Waals surface area contributed by atoms with Crippen LogP contribution in [0, 0.1) is 5.82 Å². The third-order valence-corrected chi connectivity index (χ3v) is 3.53. The Bertz CT molecular complexity index is 632. The van der Waals surface area contributed by atoms with Gasteiger partial charge in [-0.3, -0.25) is 4.79 Å². The Morgan fingerprint density at radius 3 is 2.52 bits per heavy atom. The van der Waals surface area contributed by atoms with E-state index < -0.39 is 41.0 Å². The van der Waals surface area contributed by atoms with Gasteiger partial charge in [-0.15, -0.1) is 13.2 Å². The lowest BCUT2D eigenvalue weighted by Crippen LogP contribution is -2.44. The molecule has 1 aliphatic rings. The van der Waals surface area contributed by atoms with Gasteiger partial charge in [0.05, 0.1) is 0 Å². The molecule has 5 nitrogen and oxygen atoms in total. The number of nitrogens with two attached hydrogens (primary N) is 1. The number of carbonyl (C=O) groups is 2. The number of carbonyl (C=O) groups excluding carboxylic acids is 2. The van der Waals surface area contributed by atoms with Crippen molar-refractivity contribution < 1.29 is 36.6 Å². The Balaban J connectivity index is 2.53. The predicted molar refractivity (Wildman–Crippen MR) is 68.9 cm³/mol. The van der Waals surface area contributed by atoms with Gasteiger partial charge in [0.15, 0.2) is 23.0 Å². The van der Waals surface area contributed by atoms with Crippen LogP contribution in [0.1, 0.15) is 31.2 Å². The highest BCUT2D eigenvalue weighted by Gasteiger charge is 2.47. The number of ketones is 1. The van der Waals surface area contributed by atoms with Crippen molar-refractivity contribution in [3.63, 3.8) is 0 Å². The van der Waals surface area contributed by atoms with Crippen LogP contribution in [-0.2, 0) is 15.1 Å². The fourth-order valence-electron chi connectivity index (χ4n) is 2.65. The van der Waals surface area contributed by atoms with Crippen LogP contribution in [0.5, 0.6) is 5.75 Å². The molecule has 1 unspecified atom stereocenters. The van der Waals surface area contributed by atoms with E-state index in [9.17, 15) is 27.2 Å². The molecule has 1 aromatic rings. The maximum absolute atomic E-state index is 14.4. The molecule has 0 bridgehead atoms. The normalized spacial score (nSPS) is 21.8. The summed E-state index contributed by atoms with van der Waals surface area (Å²) in [7, 11) is 0. The summed E-state index contributed by atoms with van der Waals surface area (Å²) >= 11 is 0. The van der Waals surface area contributed by atoms with E-state index in [0.29, 0.717) is 12.8 Å². The molecule has 1 aromatic carbocycles. The number of halogens is 4. The van der Waals surface area contributed by atoms with Gasteiger partial charge in [-0.1, -0.05) is 12.1 Å². The van der Waals surface area contributed by atoms with Gasteiger partial charge in [0.2, 0.25) is 0 Å². The lowest BCUT2D eigenvalue weighted by molar-refractivity contribution is -0.275. The van der Waals surface area contributed by atoms with Crippen LogP contribution in [-0.4, -0.2) is 18.2 Å². The van der Waals surface area contributed by atoms with Crippen molar-refractivity contribution in [3.05, 3.63) is 29.6 Å². The molecular formula is C14H13F4NO4. The Morgan fingerprint density at radius 1 is 1.26 bits per heavy atom. The van der Waals surface area contributed by atoms with Gasteiger partial charge in [-0.2, -0.15) is 0 Å². The number of ether oxygens (including phenoxy) is 2. The van der Waals surface area contributed by atoms with Crippen LogP contribution in [0.25, 0.3) is 0 Å². The lowest BCUT2D eigenvalue weighted by atomic mass is 9.78. The first-order chi connectivity index (χ1) is 10.7. The maximum Gasteiger partial charge on any atom is 0.573 e. The highest BCUT2D eigenvalue weighted by Crippen LogP contribution is 2.41. The first-order valence-electron chi connectivity index (χ1n) is 6.72. The Hall–Kier alpha value is -2.32. The fourth-order valence-corrected chi connectivity index (χ4v) is 2.65. The van der Waals surface area contributed by atoms with Crippen molar-refractivity contribution in [2.45, 2.75) is 37.6 Å². The molecule has 0 saturated heterocycles. The summed E-state index contributed by atoms with van der Waals surface area (Å²) in [6.45, 7) is 0. The molecule has 126 valence electrons. The second-order valence-electron chi connectivity index (χ2n) is 5.04. The number of primary amides is 1. The van der Waals surface area contributed by atoms with E-state index in [2.05, 4.69) is 4.74 Å². The summed E-state index contributed by atoms with van der Waals surface area (Å²) < 4.78 is 59.8. The summed E-state index contributed by atoms with van der Waals surface area (Å²) in [5.74, 6) is -3.15. The van der Waals surface area contributed by atoms with Crippen LogP contribution in [0.15, 0.2) is 18.2 Å². The molecule has 0 aromatic heterocycles. The third-order valence-electron chi connectivity index (χ3n) is 3.53. The fraction of sp³-hybridized carbons (Fsp3) is 0.429. The minimum atomic E-state index is -5.10. The third kappa shape index (κ3) is 3.54. The van der Waals surface area contributed by atoms with Gasteiger partial charge in [-0.05, 0) is 25.3 Å². The molecule has 1 saturated carbocycles. The summed E-state index contributed by atoms with van der Waals surface area (Å²) in [6, 6.07) is 2.91. The van der Waals surface area contributed by atoms with E-state index in [1.807, 2.05) is 0 Å². The highest BCUT2D eigenvalue weighted by atomic mass is 19.4. The first kappa shape index (κ1) is 17.0. The quantitative estimate of drug-likeness (QED) is 0.861. The van der Waals surface area contributed by atoms with E-state index in [1.165, 1.54) is 0 Å². The van der Waals surface area contributed by atoms with Gasteiger partial charge >= 0.3 is 12.5 Å². The molecule has 1 aliphatic carbocycles. The number of hydrogen-bond donors (Lipinski definition) is 1. The monoisotopic (exact) mass is 335 g/mol. The summed E-state index contributed by atoms with van der Waals surface area (Å²) in [6.07, 6.45) is -5.57. The van der Waals surface area contributed by atoms with Crippen LogP contribution < -0.4 is 10.5 Å². The van der Waals surface area contributed by atoms with Crippen molar-refractivity contribution in [2.24, 2.45) is 5.73 Å². The zero-order valence-corrected chi connectivity index (χ0v) is 11.8. The minimum absolute atomic E-state index is 0.00290. The highest BCUT2D eigenvalue weighted by molar-refractivity contribution is 5.91. The van der Waals surface area contributed by atoms with E-state index in [0.717, 1.165) is 18.2 Å². The lowest BCUT2D eigenvalue weighted by Gasteiger charge is -2.35. The summed E-state index contributed by atoms with van der Waals surface area (Å²) in [5.41, 5.74) is 2.42. The number of benzene rings is 1. The van der Waals surface area contributed by atoms with Crippen molar-refractivity contribution >= 4 is 11.9 Å². The molecule has 23 heavy (non-hydrogen) atoms. The summed E-state index contributed by atoms with van der Waals surface area (Å²) in [5, 5.41) is 0. The zero-order chi connectivity index (χ0) is 17.3. The Labute approximate surface area is 128 Å². The van der Waals surface area contributed by atoms with Crippen LogP contribution in [0.3, 0.4) is 0 Å². The second kappa shape index (κ2) is 6.05. The zero-order valence-electron chi connectivity index (χ0n) is 11.8. The molecule has 9 heteroatoms. The van der Waals surface area contributed by atoms with Gasteiger partial charge in [0, 0.05) is 12.0 Å². The minimum Gasteiger partial charge on any atom is -0.430 e. The van der Waals surface area contributed by atoms with E-state index in [-0.39, 0.29) is 12.8 Å². The van der Waals surface area contributed by atoms with Gasteiger partial charge in [0.25, 0.3) is 0 Å². The summed E-state index contributed by atoms with van der Waals surface area (Å²) in [4.78, 5) is 23.4. The number of rotatable bonds is 3. The average Bonchev–Trinajstić information content (AvgIpc) is 2.42. The standard InChI is InChI=1S/C14H13F4NO4/c15-11-8(4-3-5-9(11)22-14(16,17)18)13(23-12(19)21)7-2-1-6-10(13)20/h3-5H,1-2,6-7H2,(H2,19,21). The SMILES string of the molecule is NC(=O)OC1(c2cccc(OC(F)(F)F)c2F)CCCCC1=O. The average molecular weight is 335 g/mol. The van der Waals surface area contributed by atoms with Gasteiger partial charge < -0.3 is 15.2 Å². The maximum atomic E-state index is 14.4. The molecule has 0 spiro atoms. The Kier molecular flexibility index (Phi) is 4.49. The molecule has 0 heterocycles. The first-order valence-corrected chi connectivity index (χ1v) is 6.72. The van der Waals surface area contributed by atoms with Crippen molar-refractivity contribution in [1.29, 1.82) is 0 Å². The number of Topliss-reactive ketones (excluding diaryl/α,β-unsaturated/α-hetero) is 1. The van der Waals surface area contributed by atoms with E-state index in [1.54, 1.807) is 0 Å². The van der Waals surface area contributed by atoms with Crippen LogP contribution in [0.2, 0.25) is 0 Å². The molecule has 0 aliphatic heterocycles. The van der Waals surface area contributed by atoms with Crippen molar-refractivity contribution in [3.8, 4) is 5.75 Å². The molecule has 1 amide bonds. The molecular weight excluding hydrogens is 322 g/mol. The van der Waals surface area contributed by atoms with Crippen molar-refractivity contribution in [1.82, 2.24) is 0 Å². The number of alkyl halides is 3. The smallest absolute Gasteiger partial charge is 0.430 e. The largest absolute Gasteiger partial charge is 0.573 e. The number of hydrogen-bond acceptors (Lipinski definition) is 4. The van der Waals surface area contributed by atoms with E-state index in [4.69, 9.17) is 10.5 Å². The van der Waals surface area contributed by atoms with E-state index >= 15 is 0 Å². The van der Waals surface area contributed by atoms with Gasteiger partial charge in [-0.25, -0.2) is 9.18 Å². The van der Waals surface area contributed by atoms with Crippen LogP contribution in [0.4, 0.5) is 22.4 Å². The van der Waals surface area contributed by atoms with Gasteiger partial charge in [0.1, 0.15) is 0 Å². The molecule has 2 N–H and O–H groups in total. The van der Waals surface area contributed by atoms with Crippen LogP contribution >= 0.6 is 0 Å². The second-order valence-corrected chi connectivity index (χ2v) is 5.04. The molecule has 2 rings (SSSR count). The number of amides is 1. The molecule has 1 fully saturated rings.